The summed E-state index contributed by atoms with van der Waals surface area (Å²) in [4.78, 5) is 15.4. The minimum absolute atomic E-state index is 0.650. The van der Waals surface area contributed by atoms with Crippen molar-refractivity contribution in [3.05, 3.63) is 188 Å². The van der Waals surface area contributed by atoms with E-state index in [0.717, 1.165) is 27.0 Å². The maximum Gasteiger partial charge on any atom is 0.165 e. The Morgan fingerprint density at radius 2 is 0.768 bits per heavy atom. The Labute approximate surface area is 331 Å². The number of hydrogen-bond acceptors (Lipinski definition) is 5. The third-order valence-corrected chi connectivity index (χ3v) is 13.0. The molecule has 56 heavy (non-hydrogen) atoms. The van der Waals surface area contributed by atoms with Crippen molar-refractivity contribution >= 4 is 63.0 Å². The highest BCUT2D eigenvalue weighted by atomic mass is 32.1. The number of nitrogens with zero attached hydrogens (tertiary/aromatic N) is 3. The van der Waals surface area contributed by atoms with Crippen LogP contribution < -0.4 is 0 Å². The zero-order valence-corrected chi connectivity index (χ0v) is 31.7. The molecule has 0 saturated carbocycles. The average molecular weight is 750 g/mol. The molecule has 0 radical (unpaired) electrons. The lowest BCUT2D eigenvalue weighted by Crippen LogP contribution is -2.00. The van der Waals surface area contributed by atoms with Crippen molar-refractivity contribution in [2.45, 2.75) is 0 Å². The zero-order valence-electron chi connectivity index (χ0n) is 30.1. The van der Waals surface area contributed by atoms with Gasteiger partial charge in [0.25, 0.3) is 0 Å². The van der Waals surface area contributed by atoms with Gasteiger partial charge in [-0.2, -0.15) is 0 Å². The molecule has 11 aromatic rings. The monoisotopic (exact) mass is 749 g/mol. The van der Waals surface area contributed by atoms with E-state index in [4.69, 9.17) is 15.0 Å². The predicted octanol–water partition coefficient (Wildman–Crippen LogP) is 14.6. The summed E-state index contributed by atoms with van der Waals surface area (Å²) in [5.41, 5.74) is 10.2. The van der Waals surface area contributed by atoms with Gasteiger partial charge in [0.1, 0.15) is 0 Å². The number of fused-ring (bicyclic) bond motifs is 6. The van der Waals surface area contributed by atoms with Gasteiger partial charge in [-0.25, -0.2) is 15.0 Å². The topological polar surface area (TPSA) is 38.7 Å². The van der Waals surface area contributed by atoms with Gasteiger partial charge in [-0.15, -0.1) is 22.7 Å². The molecule has 0 aliphatic heterocycles. The number of aromatic nitrogens is 3. The van der Waals surface area contributed by atoms with E-state index in [1.807, 2.05) is 46.9 Å². The third kappa shape index (κ3) is 5.60. The minimum Gasteiger partial charge on any atom is -0.208 e. The first kappa shape index (κ1) is 32.6. The molecule has 0 atom stereocenters. The lowest BCUT2D eigenvalue weighted by molar-refractivity contribution is 1.08. The molecule has 0 aliphatic rings. The molecule has 0 aliphatic carbocycles. The minimum atomic E-state index is 0.650. The van der Waals surface area contributed by atoms with Crippen LogP contribution in [0.1, 0.15) is 0 Å². The molecule has 0 spiro atoms. The van der Waals surface area contributed by atoms with E-state index in [1.54, 1.807) is 0 Å². The molecule has 3 heterocycles. The molecule has 0 bridgehead atoms. The molecule has 262 valence electrons. The van der Waals surface area contributed by atoms with Crippen LogP contribution in [0.15, 0.2) is 188 Å². The first-order valence-electron chi connectivity index (χ1n) is 18.7. The predicted molar refractivity (Wildman–Crippen MR) is 238 cm³/mol. The standard InChI is InChI=1S/C51H31N3S2/c1-4-14-32(15-5-1)34-26-28-36(29-27-34)50-52-49(35-18-8-3-9-19-35)53-51(54-50)42-24-13-22-39-38-21-12-23-40(47(38)56-48(39)42)43-30-37(33-16-6-2-7-17-33)31-45-46(43)41-20-10-11-25-44(41)55-45/h1-31H. The maximum absolute atomic E-state index is 5.20. The Morgan fingerprint density at radius 1 is 0.286 bits per heavy atom. The molecule has 3 nitrogen and oxygen atoms in total. The molecular formula is C51H31N3S2. The highest BCUT2D eigenvalue weighted by Gasteiger charge is 2.20. The van der Waals surface area contributed by atoms with Crippen molar-refractivity contribution in [2.24, 2.45) is 0 Å². The van der Waals surface area contributed by atoms with E-state index >= 15 is 0 Å². The number of thiophene rings is 2. The molecule has 0 saturated heterocycles. The van der Waals surface area contributed by atoms with E-state index in [2.05, 4.69) is 164 Å². The Kier molecular flexibility index (Phi) is 7.87. The van der Waals surface area contributed by atoms with Gasteiger partial charge >= 0.3 is 0 Å². The fourth-order valence-electron chi connectivity index (χ4n) is 7.86. The normalized spacial score (nSPS) is 11.6. The van der Waals surface area contributed by atoms with E-state index < -0.39 is 0 Å². The Bertz CT molecular complexity index is 3220. The third-order valence-electron chi connectivity index (χ3n) is 10.6. The lowest BCUT2D eigenvalue weighted by atomic mass is 9.93. The van der Waals surface area contributed by atoms with Gasteiger partial charge < -0.3 is 0 Å². The summed E-state index contributed by atoms with van der Waals surface area (Å²) in [5.74, 6) is 1.97. The first-order valence-corrected chi connectivity index (χ1v) is 20.3. The molecule has 0 N–H and O–H groups in total. The van der Waals surface area contributed by atoms with Crippen LogP contribution in [0.3, 0.4) is 0 Å². The van der Waals surface area contributed by atoms with E-state index in [-0.39, 0.29) is 0 Å². The summed E-state index contributed by atoms with van der Waals surface area (Å²) in [6.45, 7) is 0. The lowest BCUT2D eigenvalue weighted by Gasteiger charge is -2.10. The summed E-state index contributed by atoms with van der Waals surface area (Å²) in [6.07, 6.45) is 0. The molecule has 5 heteroatoms. The van der Waals surface area contributed by atoms with Gasteiger partial charge in [-0.05, 0) is 52.1 Å². The maximum atomic E-state index is 5.20. The van der Waals surface area contributed by atoms with Crippen LogP contribution in [0.2, 0.25) is 0 Å². The van der Waals surface area contributed by atoms with Crippen LogP contribution in [0.4, 0.5) is 0 Å². The summed E-state index contributed by atoms with van der Waals surface area (Å²) >= 11 is 3.70. The summed E-state index contributed by atoms with van der Waals surface area (Å²) in [6, 6.07) is 66.7. The SMILES string of the molecule is c1ccc(-c2ccc(-c3nc(-c4ccccc4)nc(-c4cccc5c4sc4c(-c6cc(-c7ccccc7)cc7sc8ccccc8c67)cccc45)n3)cc2)cc1. The second-order valence-electron chi connectivity index (χ2n) is 13.9. The van der Waals surface area contributed by atoms with Gasteiger partial charge in [0, 0.05) is 62.6 Å². The fourth-order valence-corrected chi connectivity index (χ4v) is 10.4. The molecule has 0 amide bonds. The molecular weight excluding hydrogens is 719 g/mol. The Hall–Kier alpha value is -6.79. The van der Waals surface area contributed by atoms with Crippen LogP contribution in [-0.2, 0) is 0 Å². The largest absolute Gasteiger partial charge is 0.208 e. The second kappa shape index (κ2) is 13.5. The Balaban J connectivity index is 1.12. The summed E-state index contributed by atoms with van der Waals surface area (Å²) in [7, 11) is 0. The second-order valence-corrected chi connectivity index (χ2v) is 16.0. The Morgan fingerprint density at radius 3 is 1.45 bits per heavy atom. The van der Waals surface area contributed by atoms with Crippen molar-refractivity contribution in [2.75, 3.05) is 0 Å². The van der Waals surface area contributed by atoms with Gasteiger partial charge in [0.05, 0.1) is 0 Å². The van der Waals surface area contributed by atoms with Gasteiger partial charge in [0.2, 0.25) is 0 Å². The van der Waals surface area contributed by atoms with Crippen molar-refractivity contribution in [1.82, 2.24) is 15.0 Å². The molecule has 8 aromatic carbocycles. The van der Waals surface area contributed by atoms with Gasteiger partial charge in [0.15, 0.2) is 17.5 Å². The van der Waals surface area contributed by atoms with Crippen LogP contribution in [0.25, 0.3) is 108 Å². The summed E-state index contributed by atoms with van der Waals surface area (Å²) < 4.78 is 5.01. The highest BCUT2D eigenvalue weighted by molar-refractivity contribution is 7.27. The van der Waals surface area contributed by atoms with Crippen molar-refractivity contribution < 1.29 is 0 Å². The van der Waals surface area contributed by atoms with E-state index in [1.165, 1.54) is 63.5 Å². The molecule has 0 fully saturated rings. The van der Waals surface area contributed by atoms with Crippen LogP contribution in [0.5, 0.6) is 0 Å². The number of benzene rings is 8. The first-order chi connectivity index (χ1) is 27.7. The van der Waals surface area contributed by atoms with Gasteiger partial charge in [-0.1, -0.05) is 164 Å². The molecule has 0 unspecified atom stereocenters. The van der Waals surface area contributed by atoms with E-state index in [9.17, 15) is 0 Å². The van der Waals surface area contributed by atoms with Crippen molar-refractivity contribution in [3.63, 3.8) is 0 Å². The fraction of sp³-hybridized carbons (Fsp3) is 0. The highest BCUT2D eigenvalue weighted by Crippen LogP contribution is 2.48. The van der Waals surface area contributed by atoms with Crippen molar-refractivity contribution in [1.29, 1.82) is 0 Å². The number of hydrogen-bond donors (Lipinski definition) is 0. The molecule has 11 rings (SSSR count). The number of rotatable bonds is 6. The van der Waals surface area contributed by atoms with Gasteiger partial charge in [-0.3, -0.25) is 0 Å². The van der Waals surface area contributed by atoms with Crippen LogP contribution in [0, 0.1) is 0 Å². The summed E-state index contributed by atoms with van der Waals surface area (Å²) in [5, 5.41) is 5.04. The van der Waals surface area contributed by atoms with Crippen LogP contribution >= 0.6 is 22.7 Å². The average Bonchev–Trinajstić information content (AvgIpc) is 3.86. The zero-order chi connectivity index (χ0) is 37.0. The molecule has 3 aromatic heterocycles. The smallest absolute Gasteiger partial charge is 0.165 e. The van der Waals surface area contributed by atoms with Crippen LogP contribution in [-0.4, -0.2) is 15.0 Å². The van der Waals surface area contributed by atoms with E-state index in [0.29, 0.717) is 17.5 Å². The van der Waals surface area contributed by atoms with Crippen molar-refractivity contribution in [3.8, 4) is 67.5 Å². The quantitative estimate of drug-likeness (QED) is 0.170.